The van der Waals surface area contributed by atoms with Crippen molar-refractivity contribution in [1.82, 2.24) is 20.2 Å². The maximum absolute atomic E-state index is 5.58. The highest BCUT2D eigenvalue weighted by Crippen LogP contribution is 2.28. The van der Waals surface area contributed by atoms with Gasteiger partial charge in [-0.15, -0.1) is 5.10 Å². The number of aromatic nitrogens is 2. The number of hydrogen-bond donors (Lipinski definition) is 2. The van der Waals surface area contributed by atoms with Crippen molar-refractivity contribution in [2.75, 3.05) is 13.7 Å². The largest absolute Gasteiger partial charge is 0.496 e. The van der Waals surface area contributed by atoms with Crippen molar-refractivity contribution in [3.63, 3.8) is 0 Å². The number of nitrogens with zero attached hydrogens (tertiary/aromatic N) is 2. The highest BCUT2D eigenvalue weighted by atomic mass is 32.1. The van der Waals surface area contributed by atoms with E-state index < -0.39 is 0 Å². The molecule has 0 saturated carbocycles. The van der Waals surface area contributed by atoms with Gasteiger partial charge >= 0.3 is 0 Å². The molecule has 2 N–H and O–H groups in total. The van der Waals surface area contributed by atoms with Crippen LogP contribution in [0.1, 0.15) is 30.0 Å². The molecule has 2 atom stereocenters. The standard InChI is InChI=1S/C21H24N4OS/c1-26-20-10-9-16(19-14-27-25-24-19)12-17(20)13-23-18-8-5-11-22-21(18)15-6-3-2-4-7-15/h2-4,6-7,9-10,12,14,18,21-23H,5,8,11,13H2,1H3/t18-,21-/m0/s1. The van der Waals surface area contributed by atoms with Crippen molar-refractivity contribution in [3.05, 3.63) is 65.0 Å². The second-order valence-electron chi connectivity index (χ2n) is 6.79. The summed E-state index contributed by atoms with van der Waals surface area (Å²) in [5.74, 6) is 0.898. The van der Waals surface area contributed by atoms with Crippen molar-refractivity contribution < 1.29 is 4.74 Å². The Bertz CT molecular complexity index is 854. The van der Waals surface area contributed by atoms with Crippen molar-refractivity contribution in [2.45, 2.75) is 31.5 Å². The van der Waals surface area contributed by atoms with Crippen LogP contribution in [0.15, 0.2) is 53.9 Å². The van der Waals surface area contributed by atoms with Gasteiger partial charge in [-0.3, -0.25) is 0 Å². The summed E-state index contributed by atoms with van der Waals surface area (Å²) in [6.45, 7) is 1.82. The quantitative estimate of drug-likeness (QED) is 0.681. The first-order valence-electron chi connectivity index (χ1n) is 9.31. The third-order valence-electron chi connectivity index (χ3n) is 5.11. The van der Waals surface area contributed by atoms with Crippen LogP contribution in [0.4, 0.5) is 0 Å². The smallest absolute Gasteiger partial charge is 0.123 e. The van der Waals surface area contributed by atoms with E-state index in [-0.39, 0.29) is 0 Å². The van der Waals surface area contributed by atoms with Crippen LogP contribution < -0.4 is 15.4 Å². The molecular formula is C21H24N4OS. The summed E-state index contributed by atoms with van der Waals surface area (Å²) in [4.78, 5) is 0. The molecule has 1 fully saturated rings. The van der Waals surface area contributed by atoms with E-state index in [4.69, 9.17) is 4.74 Å². The number of rotatable bonds is 6. The SMILES string of the molecule is COc1ccc(-c2csnn2)cc1CN[C@H]1CCCN[C@H]1c1ccccc1. The van der Waals surface area contributed by atoms with Gasteiger partial charge in [-0.1, -0.05) is 34.8 Å². The Kier molecular flexibility index (Phi) is 5.77. The maximum Gasteiger partial charge on any atom is 0.123 e. The molecule has 0 radical (unpaired) electrons. The fourth-order valence-electron chi connectivity index (χ4n) is 3.73. The van der Waals surface area contributed by atoms with E-state index in [1.54, 1.807) is 7.11 Å². The Balaban J connectivity index is 1.52. The number of ether oxygens (including phenoxy) is 1. The molecule has 6 heteroatoms. The molecule has 2 aromatic carbocycles. The lowest BCUT2D eigenvalue weighted by Crippen LogP contribution is -2.45. The zero-order chi connectivity index (χ0) is 18.5. The molecule has 1 aliphatic heterocycles. The van der Waals surface area contributed by atoms with Gasteiger partial charge in [0.25, 0.3) is 0 Å². The fourth-order valence-corrected chi connectivity index (χ4v) is 4.19. The van der Waals surface area contributed by atoms with Gasteiger partial charge in [0.2, 0.25) is 0 Å². The van der Waals surface area contributed by atoms with Crippen molar-refractivity contribution in [3.8, 4) is 17.0 Å². The third-order valence-corrected chi connectivity index (χ3v) is 5.61. The van der Waals surface area contributed by atoms with E-state index in [0.717, 1.165) is 42.1 Å². The summed E-state index contributed by atoms with van der Waals surface area (Å²) >= 11 is 1.37. The first-order valence-corrected chi connectivity index (χ1v) is 10.1. The average Bonchev–Trinajstić information content (AvgIpc) is 3.28. The lowest BCUT2D eigenvalue weighted by molar-refractivity contribution is 0.303. The summed E-state index contributed by atoms with van der Waals surface area (Å²) in [6, 6.07) is 17.6. The van der Waals surface area contributed by atoms with E-state index in [2.05, 4.69) is 56.6 Å². The van der Waals surface area contributed by atoms with E-state index in [1.165, 1.54) is 23.5 Å². The summed E-state index contributed by atoms with van der Waals surface area (Å²) in [7, 11) is 1.72. The second-order valence-corrected chi connectivity index (χ2v) is 7.40. The van der Waals surface area contributed by atoms with Crippen LogP contribution in [0.2, 0.25) is 0 Å². The molecule has 1 aromatic heterocycles. The van der Waals surface area contributed by atoms with E-state index in [1.807, 2.05) is 17.5 Å². The molecule has 27 heavy (non-hydrogen) atoms. The van der Waals surface area contributed by atoms with Gasteiger partial charge in [-0.2, -0.15) is 0 Å². The van der Waals surface area contributed by atoms with Gasteiger partial charge in [-0.25, -0.2) is 0 Å². The molecule has 0 unspecified atom stereocenters. The van der Waals surface area contributed by atoms with Crippen LogP contribution in [0.25, 0.3) is 11.3 Å². The van der Waals surface area contributed by atoms with Crippen molar-refractivity contribution in [2.24, 2.45) is 0 Å². The van der Waals surface area contributed by atoms with Gasteiger partial charge in [0.1, 0.15) is 11.4 Å². The van der Waals surface area contributed by atoms with Crippen LogP contribution in [0.5, 0.6) is 5.75 Å². The van der Waals surface area contributed by atoms with Crippen LogP contribution in [-0.2, 0) is 6.54 Å². The van der Waals surface area contributed by atoms with E-state index >= 15 is 0 Å². The molecule has 4 rings (SSSR count). The van der Waals surface area contributed by atoms with Gasteiger partial charge < -0.3 is 15.4 Å². The minimum absolute atomic E-state index is 0.330. The minimum atomic E-state index is 0.330. The van der Waals surface area contributed by atoms with Crippen LogP contribution in [0, 0.1) is 0 Å². The lowest BCUT2D eigenvalue weighted by atomic mass is 9.92. The molecule has 0 bridgehead atoms. The van der Waals surface area contributed by atoms with Crippen LogP contribution >= 0.6 is 11.5 Å². The maximum atomic E-state index is 5.58. The molecule has 0 amide bonds. The highest BCUT2D eigenvalue weighted by molar-refractivity contribution is 7.03. The zero-order valence-corrected chi connectivity index (χ0v) is 16.2. The number of piperidine rings is 1. The Morgan fingerprint density at radius 1 is 1.22 bits per heavy atom. The van der Waals surface area contributed by atoms with E-state index in [0.29, 0.717) is 12.1 Å². The summed E-state index contributed by atoms with van der Waals surface area (Å²) < 4.78 is 9.55. The highest BCUT2D eigenvalue weighted by Gasteiger charge is 2.25. The third kappa shape index (κ3) is 4.18. The zero-order valence-electron chi connectivity index (χ0n) is 15.4. The molecule has 0 aliphatic carbocycles. The summed E-state index contributed by atoms with van der Waals surface area (Å²) in [6.07, 6.45) is 2.34. The van der Waals surface area contributed by atoms with Crippen LogP contribution in [-0.4, -0.2) is 29.3 Å². The Hall–Kier alpha value is -2.28. The van der Waals surface area contributed by atoms with Gasteiger partial charge in [0.05, 0.1) is 7.11 Å². The van der Waals surface area contributed by atoms with Gasteiger partial charge in [0, 0.05) is 35.1 Å². The lowest BCUT2D eigenvalue weighted by Gasteiger charge is -2.34. The normalized spacial score (nSPS) is 19.7. The fraction of sp³-hybridized carbons (Fsp3) is 0.333. The number of hydrogen-bond acceptors (Lipinski definition) is 6. The molecule has 2 heterocycles. The Morgan fingerprint density at radius 3 is 2.89 bits per heavy atom. The number of nitrogens with one attached hydrogen (secondary N) is 2. The molecule has 3 aromatic rings. The number of methoxy groups -OCH3 is 1. The first-order chi connectivity index (χ1) is 13.3. The predicted molar refractivity (Wildman–Crippen MR) is 109 cm³/mol. The Labute approximate surface area is 163 Å². The van der Waals surface area contributed by atoms with Crippen LogP contribution in [0.3, 0.4) is 0 Å². The molecule has 140 valence electrons. The molecular weight excluding hydrogens is 356 g/mol. The number of benzene rings is 2. The predicted octanol–water partition coefficient (Wildman–Crippen LogP) is 3.80. The van der Waals surface area contributed by atoms with Crippen molar-refractivity contribution in [1.29, 1.82) is 0 Å². The molecule has 0 spiro atoms. The van der Waals surface area contributed by atoms with Gasteiger partial charge in [0.15, 0.2) is 0 Å². The summed E-state index contributed by atoms with van der Waals surface area (Å²) in [5, 5.41) is 13.6. The molecule has 1 saturated heterocycles. The van der Waals surface area contributed by atoms with Crippen molar-refractivity contribution >= 4 is 11.5 Å². The van der Waals surface area contributed by atoms with Gasteiger partial charge in [-0.05, 0) is 54.7 Å². The molecule has 5 nitrogen and oxygen atoms in total. The topological polar surface area (TPSA) is 59.1 Å². The minimum Gasteiger partial charge on any atom is -0.496 e. The second kappa shape index (κ2) is 8.61. The monoisotopic (exact) mass is 380 g/mol. The van der Waals surface area contributed by atoms with E-state index in [9.17, 15) is 0 Å². The summed E-state index contributed by atoms with van der Waals surface area (Å²) in [5.41, 5.74) is 4.46. The first kappa shape index (κ1) is 18.1. The average molecular weight is 381 g/mol. The Morgan fingerprint density at radius 2 is 2.11 bits per heavy atom. The molecule has 1 aliphatic rings.